The predicted molar refractivity (Wildman–Crippen MR) is 119 cm³/mol. The van der Waals surface area contributed by atoms with Crippen LogP contribution < -0.4 is 5.73 Å². The summed E-state index contributed by atoms with van der Waals surface area (Å²) in [6.07, 6.45) is 22.2. The third-order valence-electron chi connectivity index (χ3n) is 5.04. The first-order valence-electron chi connectivity index (χ1n) is 11.1. The number of nitrogens with zero attached hydrogens (tertiary/aromatic N) is 1. The topological polar surface area (TPSA) is 81.0 Å². The van der Waals surface area contributed by atoms with E-state index in [9.17, 15) is 4.79 Å². The number of hydrogen-bond acceptors (Lipinski definition) is 4. The Bertz CT molecular complexity index is 455. The Morgan fingerprint density at radius 2 is 1.46 bits per heavy atom. The number of nitrogens with one attached hydrogen (secondary N) is 1. The third-order valence-corrected chi connectivity index (χ3v) is 5.04. The van der Waals surface area contributed by atoms with E-state index < -0.39 is 6.04 Å². The minimum absolute atomic E-state index is 0. The number of imidazole rings is 1. The first-order valence-corrected chi connectivity index (χ1v) is 11.1. The number of esters is 1. The van der Waals surface area contributed by atoms with Gasteiger partial charge in [-0.2, -0.15) is 0 Å². The van der Waals surface area contributed by atoms with Crippen LogP contribution in [0.5, 0.6) is 0 Å². The molecular formula is C22H42N3NaO2. The van der Waals surface area contributed by atoms with Crippen molar-refractivity contribution in [3.05, 3.63) is 18.2 Å². The van der Waals surface area contributed by atoms with Gasteiger partial charge in [0.05, 0.1) is 12.9 Å². The molecule has 1 aromatic rings. The number of carbonyl (C=O) groups excluding carboxylic acids is 1. The molecule has 28 heavy (non-hydrogen) atoms. The summed E-state index contributed by atoms with van der Waals surface area (Å²) in [7, 11) is 0. The van der Waals surface area contributed by atoms with Gasteiger partial charge in [-0.3, -0.25) is 4.79 Å². The summed E-state index contributed by atoms with van der Waals surface area (Å²) in [5.41, 5.74) is 6.70. The van der Waals surface area contributed by atoms with Crippen molar-refractivity contribution >= 4 is 35.5 Å². The zero-order valence-electron chi connectivity index (χ0n) is 17.4. The summed E-state index contributed by atoms with van der Waals surface area (Å²) < 4.78 is 5.26. The zero-order chi connectivity index (χ0) is 19.6. The molecule has 0 spiro atoms. The number of aromatic amines is 1. The number of nitrogens with two attached hydrogens (primary N) is 1. The van der Waals surface area contributed by atoms with Crippen LogP contribution in [0.3, 0.4) is 0 Å². The molecule has 0 aliphatic rings. The van der Waals surface area contributed by atoms with Crippen molar-refractivity contribution in [2.45, 2.75) is 109 Å². The van der Waals surface area contributed by atoms with Crippen LogP contribution in [0, 0.1) is 0 Å². The quantitative estimate of drug-likeness (QED) is 0.212. The second-order valence-electron chi connectivity index (χ2n) is 7.65. The van der Waals surface area contributed by atoms with Crippen molar-refractivity contribution in [3.8, 4) is 0 Å². The van der Waals surface area contributed by atoms with E-state index in [4.69, 9.17) is 10.5 Å². The summed E-state index contributed by atoms with van der Waals surface area (Å²) in [4.78, 5) is 18.7. The molecule has 5 nitrogen and oxygen atoms in total. The number of carbonyl (C=O) groups is 1. The number of H-pyrrole nitrogens is 1. The van der Waals surface area contributed by atoms with Crippen LogP contribution >= 0.6 is 0 Å². The fourth-order valence-electron chi connectivity index (χ4n) is 3.29. The van der Waals surface area contributed by atoms with Gasteiger partial charge < -0.3 is 15.5 Å². The van der Waals surface area contributed by atoms with Gasteiger partial charge in [0, 0.05) is 18.3 Å². The van der Waals surface area contributed by atoms with Gasteiger partial charge in [-0.25, -0.2) is 4.98 Å². The van der Waals surface area contributed by atoms with E-state index in [1.807, 2.05) is 0 Å². The van der Waals surface area contributed by atoms with Crippen molar-refractivity contribution in [3.63, 3.8) is 0 Å². The summed E-state index contributed by atoms with van der Waals surface area (Å²) in [5, 5.41) is 0. The Labute approximate surface area is 194 Å². The molecule has 0 saturated heterocycles. The van der Waals surface area contributed by atoms with E-state index in [2.05, 4.69) is 16.9 Å². The summed E-state index contributed by atoms with van der Waals surface area (Å²) in [5.74, 6) is -0.320. The van der Waals surface area contributed by atoms with Crippen molar-refractivity contribution in [2.24, 2.45) is 5.73 Å². The fourth-order valence-corrected chi connectivity index (χ4v) is 3.29. The Hall–Kier alpha value is -0.360. The molecule has 0 unspecified atom stereocenters. The van der Waals surface area contributed by atoms with Gasteiger partial charge >= 0.3 is 35.5 Å². The van der Waals surface area contributed by atoms with E-state index in [1.54, 1.807) is 12.5 Å². The van der Waals surface area contributed by atoms with Gasteiger partial charge in [-0.05, 0) is 6.42 Å². The first kappa shape index (κ1) is 27.6. The second-order valence-corrected chi connectivity index (χ2v) is 7.65. The van der Waals surface area contributed by atoms with Gasteiger partial charge in [0.2, 0.25) is 0 Å². The van der Waals surface area contributed by atoms with E-state index >= 15 is 0 Å². The first-order chi connectivity index (χ1) is 13.2. The van der Waals surface area contributed by atoms with Crippen LogP contribution in [0.15, 0.2) is 12.5 Å². The van der Waals surface area contributed by atoms with Gasteiger partial charge in [0.1, 0.15) is 6.04 Å². The molecule has 1 atom stereocenters. The SMILES string of the molecule is CCCCCCCCCCCCCCCCOC(=O)[C@@H](N)Cc1cnc[nH]1.[NaH]. The Balaban J connectivity index is 0.00000729. The van der Waals surface area contributed by atoms with Crippen molar-refractivity contribution < 1.29 is 9.53 Å². The Kier molecular flexibility index (Phi) is 19.7. The second kappa shape index (κ2) is 19.9. The van der Waals surface area contributed by atoms with Crippen molar-refractivity contribution in [2.75, 3.05) is 6.61 Å². The van der Waals surface area contributed by atoms with Gasteiger partial charge in [0.15, 0.2) is 0 Å². The summed E-state index contributed by atoms with van der Waals surface area (Å²) >= 11 is 0. The van der Waals surface area contributed by atoms with E-state index in [-0.39, 0.29) is 35.5 Å². The van der Waals surface area contributed by atoms with Crippen LogP contribution in [0.4, 0.5) is 0 Å². The Morgan fingerprint density at radius 3 is 1.93 bits per heavy atom. The monoisotopic (exact) mass is 403 g/mol. The van der Waals surface area contributed by atoms with E-state index in [0.29, 0.717) is 13.0 Å². The molecule has 0 aliphatic heterocycles. The fraction of sp³-hybridized carbons (Fsp3) is 0.818. The van der Waals surface area contributed by atoms with Crippen molar-refractivity contribution in [1.29, 1.82) is 0 Å². The average Bonchev–Trinajstić information content (AvgIpc) is 3.17. The third kappa shape index (κ3) is 15.5. The molecular weight excluding hydrogens is 361 g/mol. The molecule has 0 fully saturated rings. The normalized spacial score (nSPS) is 11.8. The Morgan fingerprint density at radius 1 is 0.964 bits per heavy atom. The maximum atomic E-state index is 11.8. The van der Waals surface area contributed by atoms with E-state index in [0.717, 1.165) is 18.5 Å². The number of rotatable bonds is 18. The molecule has 0 aromatic carbocycles. The molecule has 158 valence electrons. The zero-order valence-corrected chi connectivity index (χ0v) is 17.4. The molecule has 6 heteroatoms. The standard InChI is InChI=1S/C22H41N3O2.Na.H/c1-2-3-4-5-6-7-8-9-10-11-12-13-14-15-16-27-22(26)21(23)17-20-18-24-19-25-20;;/h18-19,21H,2-17,23H2,1H3,(H,24,25);;/t21-;;/m0../s1. The van der Waals surface area contributed by atoms with Crippen LogP contribution in [0.2, 0.25) is 0 Å². The molecule has 3 N–H and O–H groups in total. The van der Waals surface area contributed by atoms with Crippen LogP contribution in [0.25, 0.3) is 0 Å². The molecule has 0 saturated carbocycles. The minimum atomic E-state index is -0.614. The predicted octanol–water partition coefficient (Wildman–Crippen LogP) is 4.66. The summed E-state index contributed by atoms with van der Waals surface area (Å²) in [6, 6.07) is -0.614. The molecule has 0 amide bonds. The van der Waals surface area contributed by atoms with Gasteiger partial charge in [-0.1, -0.05) is 90.4 Å². The van der Waals surface area contributed by atoms with Gasteiger partial charge in [-0.15, -0.1) is 0 Å². The van der Waals surface area contributed by atoms with Crippen LogP contribution in [-0.4, -0.2) is 58.1 Å². The van der Waals surface area contributed by atoms with E-state index in [1.165, 1.54) is 77.0 Å². The number of aromatic nitrogens is 2. The molecule has 0 radical (unpaired) electrons. The molecule has 0 bridgehead atoms. The van der Waals surface area contributed by atoms with Crippen LogP contribution in [-0.2, 0) is 16.0 Å². The van der Waals surface area contributed by atoms with Crippen LogP contribution in [0.1, 0.15) is 103 Å². The molecule has 0 aliphatic carbocycles. The summed E-state index contributed by atoms with van der Waals surface area (Å²) in [6.45, 7) is 2.75. The molecule has 1 heterocycles. The van der Waals surface area contributed by atoms with Crippen molar-refractivity contribution in [1.82, 2.24) is 9.97 Å². The number of unbranched alkanes of at least 4 members (excludes halogenated alkanes) is 13. The number of ether oxygens (including phenoxy) is 1. The number of hydrogen-bond donors (Lipinski definition) is 2. The van der Waals surface area contributed by atoms with Gasteiger partial charge in [0.25, 0.3) is 0 Å². The molecule has 1 aromatic heterocycles. The average molecular weight is 404 g/mol. The molecule has 1 rings (SSSR count). The maximum absolute atomic E-state index is 11.8.